The van der Waals surface area contributed by atoms with Gasteiger partial charge in [-0.3, -0.25) is 0 Å². The van der Waals surface area contributed by atoms with Gasteiger partial charge in [-0.2, -0.15) is 0 Å². The van der Waals surface area contributed by atoms with Gasteiger partial charge in [0.1, 0.15) is 17.2 Å². The van der Waals surface area contributed by atoms with Gasteiger partial charge in [0, 0.05) is 29.2 Å². The van der Waals surface area contributed by atoms with Crippen molar-refractivity contribution >= 4 is 11.6 Å². The topological polar surface area (TPSA) is 30.5 Å². The van der Waals surface area contributed by atoms with Crippen LogP contribution in [-0.2, 0) is 6.54 Å². The van der Waals surface area contributed by atoms with Crippen LogP contribution in [0.3, 0.4) is 0 Å². The summed E-state index contributed by atoms with van der Waals surface area (Å²) in [5.74, 6) is 2.29. The highest BCUT2D eigenvalue weighted by atomic mass is 35.5. The van der Waals surface area contributed by atoms with E-state index in [2.05, 4.69) is 5.32 Å². The normalized spacial score (nSPS) is 14.0. The Hall–Kier alpha value is -1.71. The van der Waals surface area contributed by atoms with Gasteiger partial charge in [0.15, 0.2) is 0 Å². The van der Waals surface area contributed by atoms with Crippen molar-refractivity contribution in [3.8, 4) is 17.2 Å². The summed E-state index contributed by atoms with van der Waals surface area (Å²) < 4.78 is 11.2. The summed E-state index contributed by atoms with van der Waals surface area (Å²) in [6.45, 7) is 0.726. The highest BCUT2D eigenvalue weighted by Crippen LogP contribution is 2.32. The van der Waals surface area contributed by atoms with E-state index in [-0.39, 0.29) is 0 Å². The SMILES string of the molecule is COc1cccc(Oc2cccc(Cl)c2CNC2CC2)c1. The third-order valence-corrected chi connectivity index (χ3v) is 3.84. The van der Waals surface area contributed by atoms with E-state index >= 15 is 0 Å². The number of rotatable bonds is 6. The molecule has 4 heteroatoms. The van der Waals surface area contributed by atoms with Crippen molar-refractivity contribution in [3.05, 3.63) is 53.1 Å². The van der Waals surface area contributed by atoms with Gasteiger partial charge < -0.3 is 14.8 Å². The van der Waals surface area contributed by atoms with E-state index < -0.39 is 0 Å². The maximum atomic E-state index is 6.31. The molecule has 0 aliphatic heterocycles. The minimum Gasteiger partial charge on any atom is -0.497 e. The lowest BCUT2D eigenvalue weighted by molar-refractivity contribution is 0.408. The second kappa shape index (κ2) is 6.37. The van der Waals surface area contributed by atoms with Crippen LogP contribution in [0.4, 0.5) is 0 Å². The van der Waals surface area contributed by atoms with Crippen LogP contribution in [0.15, 0.2) is 42.5 Å². The molecule has 0 spiro atoms. The molecule has 1 aliphatic rings. The first-order valence-corrected chi connectivity index (χ1v) is 7.47. The van der Waals surface area contributed by atoms with Crippen molar-refractivity contribution in [1.29, 1.82) is 0 Å². The van der Waals surface area contributed by atoms with E-state index in [1.54, 1.807) is 7.11 Å². The summed E-state index contributed by atoms with van der Waals surface area (Å²) in [7, 11) is 1.64. The Morgan fingerprint density at radius 2 is 1.90 bits per heavy atom. The van der Waals surface area contributed by atoms with E-state index in [1.807, 2.05) is 42.5 Å². The summed E-state index contributed by atoms with van der Waals surface area (Å²) in [6, 6.07) is 13.9. The Bertz CT molecular complexity index is 626. The monoisotopic (exact) mass is 303 g/mol. The molecule has 21 heavy (non-hydrogen) atoms. The molecule has 0 saturated heterocycles. The maximum Gasteiger partial charge on any atom is 0.133 e. The molecule has 0 radical (unpaired) electrons. The van der Waals surface area contributed by atoms with Gasteiger partial charge in [-0.05, 0) is 37.1 Å². The maximum absolute atomic E-state index is 6.31. The molecule has 1 aliphatic carbocycles. The van der Waals surface area contributed by atoms with Crippen molar-refractivity contribution in [2.75, 3.05) is 7.11 Å². The van der Waals surface area contributed by atoms with Crippen molar-refractivity contribution in [1.82, 2.24) is 5.32 Å². The molecule has 0 unspecified atom stereocenters. The predicted octanol–water partition coefficient (Wildman–Crippen LogP) is 4.39. The third-order valence-electron chi connectivity index (χ3n) is 3.49. The molecule has 0 bridgehead atoms. The molecule has 2 aromatic carbocycles. The molecule has 0 heterocycles. The van der Waals surface area contributed by atoms with E-state index in [0.717, 1.165) is 34.4 Å². The molecule has 1 N–H and O–H groups in total. The lowest BCUT2D eigenvalue weighted by Crippen LogP contribution is -2.16. The van der Waals surface area contributed by atoms with Gasteiger partial charge >= 0.3 is 0 Å². The summed E-state index contributed by atoms with van der Waals surface area (Å²) >= 11 is 6.31. The van der Waals surface area contributed by atoms with Crippen LogP contribution in [0.2, 0.25) is 5.02 Å². The smallest absolute Gasteiger partial charge is 0.133 e. The molecule has 0 atom stereocenters. The zero-order valence-electron chi connectivity index (χ0n) is 11.9. The number of methoxy groups -OCH3 is 1. The second-order valence-electron chi connectivity index (χ2n) is 5.15. The highest BCUT2D eigenvalue weighted by molar-refractivity contribution is 6.31. The lowest BCUT2D eigenvalue weighted by atomic mass is 10.2. The van der Waals surface area contributed by atoms with Crippen molar-refractivity contribution in [2.45, 2.75) is 25.4 Å². The first kappa shape index (κ1) is 14.2. The van der Waals surface area contributed by atoms with Gasteiger partial charge in [0.25, 0.3) is 0 Å². The summed E-state index contributed by atoms with van der Waals surface area (Å²) in [5, 5.41) is 4.20. The molecule has 1 saturated carbocycles. The fourth-order valence-electron chi connectivity index (χ4n) is 2.13. The Balaban J connectivity index is 1.81. The molecule has 3 nitrogen and oxygen atoms in total. The number of nitrogens with one attached hydrogen (secondary N) is 1. The van der Waals surface area contributed by atoms with E-state index in [1.165, 1.54) is 12.8 Å². The minimum absolute atomic E-state index is 0.631. The van der Waals surface area contributed by atoms with Crippen LogP contribution in [0.5, 0.6) is 17.2 Å². The standard InChI is InChI=1S/C17H18ClNO2/c1-20-13-4-2-5-14(10-13)21-17-7-3-6-16(18)15(17)11-19-12-8-9-12/h2-7,10,12,19H,8-9,11H2,1H3. The van der Waals surface area contributed by atoms with Crippen LogP contribution in [0.25, 0.3) is 0 Å². The van der Waals surface area contributed by atoms with Gasteiger partial charge in [0.2, 0.25) is 0 Å². The van der Waals surface area contributed by atoms with Crippen LogP contribution >= 0.6 is 11.6 Å². The molecule has 110 valence electrons. The van der Waals surface area contributed by atoms with Gasteiger partial charge in [-0.15, -0.1) is 0 Å². The minimum atomic E-state index is 0.631. The van der Waals surface area contributed by atoms with Gasteiger partial charge in [-0.25, -0.2) is 0 Å². The van der Waals surface area contributed by atoms with Crippen LogP contribution in [-0.4, -0.2) is 13.2 Å². The van der Waals surface area contributed by atoms with Gasteiger partial charge in [0.05, 0.1) is 7.11 Å². The molecular formula is C17H18ClNO2. The number of halogens is 1. The molecular weight excluding hydrogens is 286 g/mol. The Labute approximate surface area is 129 Å². The van der Waals surface area contributed by atoms with Crippen molar-refractivity contribution in [2.24, 2.45) is 0 Å². The van der Waals surface area contributed by atoms with Crippen molar-refractivity contribution in [3.63, 3.8) is 0 Å². The Morgan fingerprint density at radius 3 is 2.67 bits per heavy atom. The fraction of sp³-hybridized carbons (Fsp3) is 0.294. The largest absolute Gasteiger partial charge is 0.497 e. The number of ether oxygens (including phenoxy) is 2. The average molecular weight is 304 g/mol. The summed E-state index contributed by atoms with van der Waals surface area (Å²) in [6.07, 6.45) is 2.49. The predicted molar refractivity (Wildman–Crippen MR) is 84.4 cm³/mol. The fourth-order valence-corrected chi connectivity index (χ4v) is 2.36. The second-order valence-corrected chi connectivity index (χ2v) is 5.56. The van der Waals surface area contributed by atoms with E-state index in [9.17, 15) is 0 Å². The molecule has 0 amide bonds. The molecule has 0 aromatic heterocycles. The van der Waals surface area contributed by atoms with Crippen LogP contribution in [0, 0.1) is 0 Å². The lowest BCUT2D eigenvalue weighted by Gasteiger charge is -2.14. The highest BCUT2D eigenvalue weighted by Gasteiger charge is 2.21. The first-order valence-electron chi connectivity index (χ1n) is 7.09. The quantitative estimate of drug-likeness (QED) is 0.858. The zero-order chi connectivity index (χ0) is 14.7. The first-order chi connectivity index (χ1) is 10.3. The molecule has 3 rings (SSSR count). The average Bonchev–Trinajstić information content (AvgIpc) is 3.31. The number of benzene rings is 2. The number of hydrogen-bond acceptors (Lipinski definition) is 3. The summed E-state index contributed by atoms with van der Waals surface area (Å²) in [5.41, 5.74) is 0.994. The summed E-state index contributed by atoms with van der Waals surface area (Å²) in [4.78, 5) is 0. The Morgan fingerprint density at radius 1 is 1.14 bits per heavy atom. The molecule has 1 fully saturated rings. The van der Waals surface area contributed by atoms with Gasteiger partial charge in [-0.1, -0.05) is 23.7 Å². The third kappa shape index (κ3) is 3.69. The van der Waals surface area contributed by atoms with E-state index in [0.29, 0.717) is 6.04 Å². The van der Waals surface area contributed by atoms with Crippen LogP contribution in [0.1, 0.15) is 18.4 Å². The molecule has 2 aromatic rings. The Kier molecular flexibility index (Phi) is 4.32. The number of hydrogen-bond donors (Lipinski definition) is 1. The van der Waals surface area contributed by atoms with Crippen LogP contribution < -0.4 is 14.8 Å². The zero-order valence-corrected chi connectivity index (χ0v) is 12.7. The van der Waals surface area contributed by atoms with E-state index in [4.69, 9.17) is 21.1 Å². The van der Waals surface area contributed by atoms with Crippen molar-refractivity contribution < 1.29 is 9.47 Å².